The number of rotatable bonds is 2. The van der Waals surface area contributed by atoms with E-state index in [2.05, 4.69) is 21.4 Å². The Hall–Kier alpha value is -2.66. The summed E-state index contributed by atoms with van der Waals surface area (Å²) in [4.78, 5) is 8.71. The van der Waals surface area contributed by atoms with Crippen LogP contribution in [-0.4, -0.2) is 29.6 Å². The SMILES string of the molecule is CC1(N)C=C(c2cccnc2)c2cc(C3=NCCN3)ccc2O1. The van der Waals surface area contributed by atoms with E-state index < -0.39 is 5.72 Å². The van der Waals surface area contributed by atoms with E-state index in [1.165, 1.54) is 0 Å². The highest BCUT2D eigenvalue weighted by Crippen LogP contribution is 2.38. The standard InChI is InChI=1S/C18H18N4O/c1-18(19)10-15(13-3-2-6-20-11-13)14-9-12(4-5-16(14)23-18)17-21-7-8-22-17/h2-6,9-11H,7-8,19H2,1H3,(H,21,22). The van der Waals surface area contributed by atoms with E-state index in [1.54, 1.807) is 6.20 Å². The van der Waals surface area contributed by atoms with Crippen LogP contribution in [0.25, 0.3) is 5.57 Å². The molecule has 4 rings (SSSR count). The van der Waals surface area contributed by atoms with Gasteiger partial charge in [-0.2, -0.15) is 0 Å². The quantitative estimate of drug-likeness (QED) is 0.889. The van der Waals surface area contributed by atoms with Crippen molar-refractivity contribution in [2.45, 2.75) is 12.6 Å². The van der Waals surface area contributed by atoms with E-state index in [0.29, 0.717) is 0 Å². The molecule has 0 bridgehead atoms. The van der Waals surface area contributed by atoms with Gasteiger partial charge in [-0.05, 0) is 42.8 Å². The molecule has 1 atom stereocenters. The number of nitrogens with zero attached hydrogens (tertiary/aromatic N) is 2. The number of nitrogens with two attached hydrogens (primary N) is 1. The van der Waals surface area contributed by atoms with Crippen LogP contribution in [0, 0.1) is 0 Å². The lowest BCUT2D eigenvalue weighted by Crippen LogP contribution is -2.42. The lowest BCUT2D eigenvalue weighted by molar-refractivity contribution is 0.145. The Kier molecular flexibility index (Phi) is 3.16. The molecule has 0 radical (unpaired) electrons. The Balaban J connectivity index is 1.86. The summed E-state index contributed by atoms with van der Waals surface area (Å²) in [6, 6.07) is 10.0. The summed E-state index contributed by atoms with van der Waals surface area (Å²) in [5.41, 5.74) is 9.50. The van der Waals surface area contributed by atoms with Crippen molar-refractivity contribution in [2.75, 3.05) is 13.1 Å². The van der Waals surface area contributed by atoms with Crippen molar-refractivity contribution in [3.63, 3.8) is 0 Å². The first-order valence-electron chi connectivity index (χ1n) is 7.67. The second kappa shape index (κ2) is 5.21. The summed E-state index contributed by atoms with van der Waals surface area (Å²) in [5, 5.41) is 3.30. The molecule has 1 unspecified atom stereocenters. The van der Waals surface area contributed by atoms with Gasteiger partial charge in [0.2, 0.25) is 0 Å². The lowest BCUT2D eigenvalue weighted by Gasteiger charge is -2.31. The smallest absolute Gasteiger partial charge is 0.175 e. The van der Waals surface area contributed by atoms with Crippen LogP contribution in [0.4, 0.5) is 0 Å². The fourth-order valence-corrected chi connectivity index (χ4v) is 2.96. The highest BCUT2D eigenvalue weighted by atomic mass is 16.5. The molecule has 2 aromatic rings. The first-order valence-corrected chi connectivity index (χ1v) is 7.67. The van der Waals surface area contributed by atoms with Crippen molar-refractivity contribution in [3.8, 4) is 5.75 Å². The maximum atomic E-state index is 6.23. The number of fused-ring (bicyclic) bond motifs is 1. The molecule has 0 aliphatic carbocycles. The van der Waals surface area contributed by atoms with Gasteiger partial charge in [-0.1, -0.05) is 6.07 Å². The van der Waals surface area contributed by atoms with E-state index in [0.717, 1.165) is 46.9 Å². The van der Waals surface area contributed by atoms with Gasteiger partial charge in [-0.25, -0.2) is 0 Å². The zero-order chi connectivity index (χ0) is 15.9. The molecule has 0 spiro atoms. The molecule has 0 fully saturated rings. The molecule has 2 aliphatic rings. The first-order chi connectivity index (χ1) is 11.1. The minimum Gasteiger partial charge on any atom is -0.469 e. The van der Waals surface area contributed by atoms with Gasteiger partial charge in [-0.3, -0.25) is 15.7 Å². The Labute approximate surface area is 134 Å². The molecule has 0 saturated heterocycles. The third-order valence-electron chi connectivity index (χ3n) is 3.95. The summed E-state index contributed by atoms with van der Waals surface area (Å²) < 4.78 is 5.91. The lowest BCUT2D eigenvalue weighted by atomic mass is 9.92. The summed E-state index contributed by atoms with van der Waals surface area (Å²) in [6.07, 6.45) is 5.55. The van der Waals surface area contributed by atoms with Crippen LogP contribution in [0.15, 0.2) is 53.8 Å². The topological polar surface area (TPSA) is 72.5 Å². The number of hydrogen-bond acceptors (Lipinski definition) is 5. The Morgan fingerprint density at radius 1 is 1.26 bits per heavy atom. The molecule has 1 aromatic heterocycles. The van der Waals surface area contributed by atoms with Gasteiger partial charge in [-0.15, -0.1) is 0 Å². The summed E-state index contributed by atoms with van der Waals surface area (Å²) in [7, 11) is 0. The third kappa shape index (κ3) is 2.59. The minimum atomic E-state index is -0.844. The van der Waals surface area contributed by atoms with Crippen LogP contribution in [0.1, 0.15) is 23.6 Å². The molecule has 3 N–H and O–H groups in total. The molecule has 23 heavy (non-hydrogen) atoms. The van der Waals surface area contributed by atoms with Crippen LogP contribution in [-0.2, 0) is 0 Å². The fraction of sp³-hybridized carbons (Fsp3) is 0.222. The zero-order valence-corrected chi connectivity index (χ0v) is 12.9. The molecule has 116 valence electrons. The molecular formula is C18H18N4O. The van der Waals surface area contributed by atoms with Crippen LogP contribution in [0.3, 0.4) is 0 Å². The van der Waals surface area contributed by atoms with Crippen LogP contribution < -0.4 is 15.8 Å². The van der Waals surface area contributed by atoms with E-state index in [4.69, 9.17) is 10.5 Å². The number of benzene rings is 1. The van der Waals surface area contributed by atoms with Crippen LogP contribution >= 0.6 is 0 Å². The molecule has 0 saturated carbocycles. The van der Waals surface area contributed by atoms with Crippen molar-refractivity contribution >= 4 is 11.4 Å². The van der Waals surface area contributed by atoms with Gasteiger partial charge in [0.1, 0.15) is 11.6 Å². The molecule has 5 nitrogen and oxygen atoms in total. The summed E-state index contributed by atoms with van der Waals surface area (Å²) in [6.45, 7) is 3.55. The number of ether oxygens (including phenoxy) is 1. The van der Waals surface area contributed by atoms with Crippen molar-refractivity contribution in [2.24, 2.45) is 10.7 Å². The number of aromatic nitrogens is 1. The molecule has 5 heteroatoms. The number of pyridine rings is 1. The second-order valence-corrected chi connectivity index (χ2v) is 5.95. The first kappa shape index (κ1) is 14.0. The third-order valence-corrected chi connectivity index (χ3v) is 3.95. The van der Waals surface area contributed by atoms with E-state index >= 15 is 0 Å². The van der Waals surface area contributed by atoms with Gasteiger partial charge >= 0.3 is 0 Å². The highest BCUT2D eigenvalue weighted by molar-refractivity contribution is 6.01. The largest absolute Gasteiger partial charge is 0.469 e. The Morgan fingerprint density at radius 3 is 2.91 bits per heavy atom. The zero-order valence-electron chi connectivity index (χ0n) is 12.9. The molecule has 3 heterocycles. The highest BCUT2D eigenvalue weighted by Gasteiger charge is 2.28. The summed E-state index contributed by atoms with van der Waals surface area (Å²) in [5.74, 6) is 1.71. The van der Waals surface area contributed by atoms with Crippen LogP contribution in [0.5, 0.6) is 5.75 Å². The van der Waals surface area contributed by atoms with Gasteiger partial charge in [0.05, 0.1) is 6.54 Å². The summed E-state index contributed by atoms with van der Waals surface area (Å²) >= 11 is 0. The van der Waals surface area contributed by atoms with Crippen molar-refractivity contribution in [1.82, 2.24) is 10.3 Å². The van der Waals surface area contributed by atoms with Gasteiger partial charge in [0, 0.05) is 35.6 Å². The predicted octanol–water partition coefficient (Wildman–Crippen LogP) is 1.93. The number of nitrogens with one attached hydrogen (secondary N) is 1. The maximum Gasteiger partial charge on any atom is 0.175 e. The predicted molar refractivity (Wildman–Crippen MR) is 90.4 cm³/mol. The number of hydrogen-bond donors (Lipinski definition) is 2. The van der Waals surface area contributed by atoms with Crippen molar-refractivity contribution in [1.29, 1.82) is 0 Å². The monoisotopic (exact) mass is 306 g/mol. The fourth-order valence-electron chi connectivity index (χ4n) is 2.96. The Bertz CT molecular complexity index is 809. The van der Waals surface area contributed by atoms with Crippen LogP contribution in [0.2, 0.25) is 0 Å². The molecule has 0 amide bonds. The number of amidine groups is 1. The Morgan fingerprint density at radius 2 is 2.17 bits per heavy atom. The van der Waals surface area contributed by atoms with E-state index in [-0.39, 0.29) is 0 Å². The maximum absolute atomic E-state index is 6.23. The minimum absolute atomic E-state index is 0.777. The van der Waals surface area contributed by atoms with E-state index in [9.17, 15) is 0 Å². The van der Waals surface area contributed by atoms with Crippen molar-refractivity contribution < 1.29 is 4.74 Å². The van der Waals surface area contributed by atoms with E-state index in [1.807, 2.05) is 43.5 Å². The second-order valence-electron chi connectivity index (χ2n) is 5.95. The van der Waals surface area contributed by atoms with Crippen molar-refractivity contribution in [3.05, 3.63) is 65.5 Å². The molecule has 2 aliphatic heterocycles. The van der Waals surface area contributed by atoms with Gasteiger partial charge < -0.3 is 10.1 Å². The average molecular weight is 306 g/mol. The molecule has 1 aromatic carbocycles. The van der Waals surface area contributed by atoms with Gasteiger partial charge in [0.25, 0.3) is 0 Å². The number of aliphatic imine (C=N–C) groups is 1. The average Bonchev–Trinajstić information content (AvgIpc) is 3.08. The normalized spacial score (nSPS) is 22.5. The molecular weight excluding hydrogens is 288 g/mol. The van der Waals surface area contributed by atoms with Gasteiger partial charge in [0.15, 0.2) is 5.72 Å².